The molecular weight excluding hydrogens is 393 g/mol. The van der Waals surface area contributed by atoms with Crippen LogP contribution in [0.25, 0.3) is 0 Å². The van der Waals surface area contributed by atoms with Crippen LogP contribution in [0.2, 0.25) is 10.0 Å². The molecule has 140 valence electrons. The van der Waals surface area contributed by atoms with Crippen molar-refractivity contribution in [3.05, 3.63) is 68.2 Å². The Labute approximate surface area is 165 Å². The molecule has 1 saturated heterocycles. The van der Waals surface area contributed by atoms with Gasteiger partial charge < -0.3 is 10.2 Å². The van der Waals surface area contributed by atoms with Crippen molar-refractivity contribution in [2.24, 2.45) is 0 Å². The summed E-state index contributed by atoms with van der Waals surface area (Å²) in [5, 5.41) is 14.2. The van der Waals surface area contributed by atoms with Gasteiger partial charge in [-0.15, -0.1) is 0 Å². The number of nitrogens with zero attached hydrogens (tertiary/aromatic N) is 2. The number of non-ortho nitro benzene ring substituents is 1. The van der Waals surface area contributed by atoms with Crippen LogP contribution in [-0.4, -0.2) is 34.2 Å². The lowest BCUT2D eigenvalue weighted by Gasteiger charge is -2.24. The van der Waals surface area contributed by atoms with E-state index in [9.17, 15) is 19.7 Å². The summed E-state index contributed by atoms with van der Waals surface area (Å²) in [6.07, 6.45) is 1.21. The summed E-state index contributed by atoms with van der Waals surface area (Å²) in [6.45, 7) is 0.433. The molecule has 27 heavy (non-hydrogen) atoms. The fourth-order valence-electron chi connectivity index (χ4n) is 2.98. The van der Waals surface area contributed by atoms with Gasteiger partial charge in [-0.3, -0.25) is 19.7 Å². The Balaban J connectivity index is 1.74. The summed E-state index contributed by atoms with van der Waals surface area (Å²) in [7, 11) is 0. The molecule has 0 saturated carbocycles. The van der Waals surface area contributed by atoms with E-state index >= 15 is 0 Å². The molecule has 2 aromatic rings. The molecule has 0 aliphatic carbocycles. The van der Waals surface area contributed by atoms with Crippen LogP contribution in [0.1, 0.15) is 23.2 Å². The first-order valence-electron chi connectivity index (χ1n) is 8.18. The maximum absolute atomic E-state index is 12.7. The summed E-state index contributed by atoms with van der Waals surface area (Å²) >= 11 is 11.9. The predicted octanol–water partition coefficient (Wildman–Crippen LogP) is 4.14. The standard InChI is InChI=1S/C18H15Cl2N3O4/c19-12-5-8-15(14(20)10-12)21-17(24)16-2-1-9-22(16)18(25)11-3-6-13(7-4-11)23(26)27/h3-8,10,16H,1-2,9H2,(H,21,24). The minimum absolute atomic E-state index is 0.0976. The molecule has 2 aromatic carbocycles. The average Bonchev–Trinajstić information content (AvgIpc) is 3.13. The number of hydrogen-bond donors (Lipinski definition) is 1. The van der Waals surface area contributed by atoms with E-state index in [0.717, 1.165) is 0 Å². The fraction of sp³-hybridized carbons (Fsp3) is 0.222. The van der Waals surface area contributed by atoms with Crippen LogP contribution in [0.15, 0.2) is 42.5 Å². The van der Waals surface area contributed by atoms with Crippen LogP contribution in [-0.2, 0) is 4.79 Å². The van der Waals surface area contributed by atoms with E-state index in [2.05, 4.69) is 5.32 Å². The van der Waals surface area contributed by atoms with Crippen molar-refractivity contribution in [2.75, 3.05) is 11.9 Å². The van der Waals surface area contributed by atoms with Crippen molar-refractivity contribution in [3.63, 3.8) is 0 Å². The van der Waals surface area contributed by atoms with Crippen molar-refractivity contribution in [1.82, 2.24) is 4.90 Å². The van der Waals surface area contributed by atoms with Gasteiger partial charge in [0.15, 0.2) is 0 Å². The lowest BCUT2D eigenvalue weighted by molar-refractivity contribution is -0.384. The first-order chi connectivity index (χ1) is 12.9. The second-order valence-corrected chi connectivity index (χ2v) is 6.92. The van der Waals surface area contributed by atoms with Gasteiger partial charge in [0.1, 0.15) is 6.04 Å². The molecule has 1 N–H and O–H groups in total. The van der Waals surface area contributed by atoms with Crippen LogP contribution in [0, 0.1) is 10.1 Å². The zero-order valence-electron chi connectivity index (χ0n) is 14.0. The van der Waals surface area contributed by atoms with Gasteiger partial charge in [0, 0.05) is 29.3 Å². The fourth-order valence-corrected chi connectivity index (χ4v) is 3.44. The molecule has 7 nitrogen and oxygen atoms in total. The second-order valence-electron chi connectivity index (χ2n) is 6.07. The van der Waals surface area contributed by atoms with Gasteiger partial charge in [0.25, 0.3) is 11.6 Å². The Kier molecular flexibility index (Phi) is 5.62. The highest BCUT2D eigenvalue weighted by molar-refractivity contribution is 6.36. The highest BCUT2D eigenvalue weighted by Crippen LogP contribution is 2.27. The highest BCUT2D eigenvalue weighted by atomic mass is 35.5. The predicted molar refractivity (Wildman–Crippen MR) is 102 cm³/mol. The summed E-state index contributed by atoms with van der Waals surface area (Å²) in [5.41, 5.74) is 0.616. The van der Waals surface area contributed by atoms with Crippen molar-refractivity contribution >= 4 is 46.4 Å². The third-order valence-corrected chi connectivity index (χ3v) is 4.88. The Morgan fingerprint density at radius 1 is 1.15 bits per heavy atom. The highest BCUT2D eigenvalue weighted by Gasteiger charge is 2.34. The number of halogens is 2. The Morgan fingerprint density at radius 3 is 2.48 bits per heavy atom. The third-order valence-electron chi connectivity index (χ3n) is 4.33. The molecule has 0 aromatic heterocycles. The van der Waals surface area contributed by atoms with Gasteiger partial charge in [0.2, 0.25) is 5.91 Å². The SMILES string of the molecule is O=C(Nc1ccc(Cl)cc1Cl)C1CCCN1C(=O)c1ccc([N+](=O)[O-])cc1. The molecule has 2 amide bonds. The number of nitrogens with one attached hydrogen (secondary N) is 1. The molecule has 0 radical (unpaired) electrons. The van der Waals surface area contributed by atoms with Gasteiger partial charge in [0.05, 0.1) is 15.6 Å². The molecule has 0 spiro atoms. The third kappa shape index (κ3) is 4.20. The van der Waals surface area contributed by atoms with Gasteiger partial charge >= 0.3 is 0 Å². The van der Waals surface area contributed by atoms with E-state index in [1.807, 2.05) is 0 Å². The monoisotopic (exact) mass is 407 g/mol. The number of nitro groups is 1. The molecular formula is C18H15Cl2N3O4. The average molecular weight is 408 g/mol. The van der Waals surface area contributed by atoms with Crippen molar-refractivity contribution in [2.45, 2.75) is 18.9 Å². The molecule has 1 fully saturated rings. The van der Waals surface area contributed by atoms with Crippen molar-refractivity contribution in [1.29, 1.82) is 0 Å². The molecule has 1 aliphatic rings. The maximum Gasteiger partial charge on any atom is 0.269 e. The van der Waals surface area contributed by atoms with Crippen LogP contribution in [0.4, 0.5) is 11.4 Å². The smallest absolute Gasteiger partial charge is 0.269 e. The van der Waals surface area contributed by atoms with E-state index in [-0.39, 0.29) is 17.5 Å². The second kappa shape index (κ2) is 7.94. The van der Waals surface area contributed by atoms with E-state index in [1.54, 1.807) is 12.1 Å². The number of anilines is 1. The molecule has 0 bridgehead atoms. The first-order valence-corrected chi connectivity index (χ1v) is 8.94. The lowest BCUT2D eigenvalue weighted by Crippen LogP contribution is -2.43. The molecule has 9 heteroatoms. The quantitative estimate of drug-likeness (QED) is 0.608. The van der Waals surface area contributed by atoms with E-state index < -0.39 is 11.0 Å². The zero-order valence-corrected chi connectivity index (χ0v) is 15.5. The van der Waals surface area contributed by atoms with Crippen molar-refractivity contribution < 1.29 is 14.5 Å². The summed E-state index contributed by atoms with van der Waals surface area (Å²) in [4.78, 5) is 37.1. The first kappa shape index (κ1) is 19.1. The maximum atomic E-state index is 12.7. The van der Waals surface area contributed by atoms with Gasteiger partial charge in [-0.1, -0.05) is 23.2 Å². The number of likely N-dealkylation sites (tertiary alicyclic amines) is 1. The van der Waals surface area contributed by atoms with Gasteiger partial charge in [-0.05, 0) is 43.2 Å². The Bertz CT molecular complexity index is 902. The minimum Gasteiger partial charge on any atom is -0.327 e. The number of nitro benzene ring substituents is 1. The number of benzene rings is 2. The normalized spacial score (nSPS) is 16.2. The molecule has 1 unspecified atom stereocenters. The van der Waals surface area contributed by atoms with Crippen LogP contribution >= 0.6 is 23.2 Å². The van der Waals surface area contributed by atoms with E-state index in [1.165, 1.54) is 35.2 Å². The van der Waals surface area contributed by atoms with Crippen molar-refractivity contribution in [3.8, 4) is 0 Å². The number of carbonyl (C=O) groups excluding carboxylic acids is 2. The summed E-state index contributed by atoms with van der Waals surface area (Å²) in [5.74, 6) is -0.684. The number of carbonyl (C=O) groups is 2. The topological polar surface area (TPSA) is 92.6 Å². The molecule has 1 heterocycles. The molecule has 3 rings (SSSR count). The summed E-state index contributed by atoms with van der Waals surface area (Å²) < 4.78 is 0. The minimum atomic E-state index is -0.639. The number of hydrogen-bond acceptors (Lipinski definition) is 4. The zero-order chi connectivity index (χ0) is 19.6. The lowest BCUT2D eigenvalue weighted by atomic mass is 10.1. The van der Waals surface area contributed by atoms with Gasteiger partial charge in [-0.2, -0.15) is 0 Å². The summed E-state index contributed by atoms with van der Waals surface area (Å²) in [6, 6.07) is 9.41. The number of amides is 2. The Morgan fingerprint density at radius 2 is 1.85 bits per heavy atom. The largest absolute Gasteiger partial charge is 0.327 e. The van der Waals surface area contributed by atoms with Crippen LogP contribution in [0.3, 0.4) is 0 Å². The number of rotatable bonds is 4. The van der Waals surface area contributed by atoms with Crippen LogP contribution < -0.4 is 5.32 Å². The van der Waals surface area contributed by atoms with E-state index in [0.29, 0.717) is 40.7 Å². The Hall–Kier alpha value is -2.64. The van der Waals surface area contributed by atoms with E-state index in [4.69, 9.17) is 23.2 Å². The molecule has 1 aliphatic heterocycles. The van der Waals surface area contributed by atoms with Crippen LogP contribution in [0.5, 0.6) is 0 Å². The van der Waals surface area contributed by atoms with Gasteiger partial charge in [-0.25, -0.2) is 0 Å². The molecule has 1 atom stereocenters.